The molecule has 0 aliphatic carbocycles. The fourth-order valence-electron chi connectivity index (χ4n) is 3.23. The second-order valence-corrected chi connectivity index (χ2v) is 6.18. The van der Waals surface area contributed by atoms with E-state index >= 15 is 0 Å². The van der Waals surface area contributed by atoms with Crippen LogP contribution in [0.2, 0.25) is 0 Å². The molecular weight excluding hydrogens is 256 g/mol. The van der Waals surface area contributed by atoms with Crippen LogP contribution in [0.5, 0.6) is 0 Å². The lowest BCUT2D eigenvalue weighted by atomic mass is 10.0. The Bertz CT molecular complexity index is 603. The Kier molecular flexibility index (Phi) is 3.98. The third kappa shape index (κ3) is 2.96. The van der Waals surface area contributed by atoms with Gasteiger partial charge >= 0.3 is 0 Å². The second-order valence-electron chi connectivity index (χ2n) is 6.18. The van der Waals surface area contributed by atoms with E-state index in [0.717, 1.165) is 19.4 Å². The monoisotopic (exact) mass is 280 g/mol. The van der Waals surface area contributed by atoms with Crippen LogP contribution in [-0.4, -0.2) is 12.6 Å². The van der Waals surface area contributed by atoms with Gasteiger partial charge in [0.05, 0.1) is 0 Å². The molecule has 110 valence electrons. The van der Waals surface area contributed by atoms with Gasteiger partial charge in [-0.05, 0) is 43.9 Å². The number of nitrogens with two attached hydrogens (primary N) is 1. The van der Waals surface area contributed by atoms with E-state index in [1.54, 1.807) is 0 Å². The first kappa shape index (κ1) is 14.2. The molecule has 1 aliphatic rings. The lowest BCUT2D eigenvalue weighted by Gasteiger charge is -2.26. The number of nitrogens with zero attached hydrogens (tertiary/aromatic N) is 1. The summed E-state index contributed by atoms with van der Waals surface area (Å²) in [6, 6.07) is 18.0. The number of aryl methyl sites for hydroxylation is 1. The molecule has 0 radical (unpaired) electrons. The summed E-state index contributed by atoms with van der Waals surface area (Å²) in [5.41, 5.74) is 11.7. The van der Waals surface area contributed by atoms with Crippen LogP contribution in [0.25, 0.3) is 0 Å². The Hall–Kier alpha value is -1.80. The number of anilines is 1. The smallest absolute Gasteiger partial charge is 0.0402 e. The van der Waals surface area contributed by atoms with Gasteiger partial charge in [0.1, 0.15) is 0 Å². The van der Waals surface area contributed by atoms with Crippen LogP contribution in [0.4, 0.5) is 5.69 Å². The molecule has 0 spiro atoms. The first-order valence-electron chi connectivity index (χ1n) is 7.82. The van der Waals surface area contributed by atoms with Crippen molar-refractivity contribution in [3.8, 4) is 0 Å². The van der Waals surface area contributed by atoms with Gasteiger partial charge in [-0.2, -0.15) is 0 Å². The van der Waals surface area contributed by atoms with E-state index in [9.17, 15) is 0 Å². The summed E-state index contributed by atoms with van der Waals surface area (Å²) >= 11 is 0. The van der Waals surface area contributed by atoms with Gasteiger partial charge in [0.2, 0.25) is 0 Å². The van der Waals surface area contributed by atoms with Crippen LogP contribution in [0.1, 0.15) is 36.1 Å². The number of para-hydroxylation sites is 1. The lowest BCUT2D eigenvalue weighted by molar-refractivity contribution is 0.592. The van der Waals surface area contributed by atoms with Crippen LogP contribution in [0.15, 0.2) is 48.5 Å². The van der Waals surface area contributed by atoms with Gasteiger partial charge in [-0.3, -0.25) is 0 Å². The van der Waals surface area contributed by atoms with E-state index in [1.165, 1.54) is 22.4 Å². The van der Waals surface area contributed by atoms with E-state index < -0.39 is 0 Å². The van der Waals surface area contributed by atoms with Crippen LogP contribution in [-0.2, 0) is 6.42 Å². The molecule has 2 nitrogen and oxygen atoms in total. The van der Waals surface area contributed by atoms with Crippen LogP contribution in [0, 0.1) is 6.92 Å². The molecule has 0 fully saturated rings. The van der Waals surface area contributed by atoms with E-state index in [2.05, 4.69) is 67.3 Å². The normalized spacial score (nSPS) is 18.6. The zero-order valence-corrected chi connectivity index (χ0v) is 12.9. The molecule has 0 saturated carbocycles. The third-order valence-electron chi connectivity index (χ3n) is 4.53. The summed E-state index contributed by atoms with van der Waals surface area (Å²) in [5.74, 6) is 0. The van der Waals surface area contributed by atoms with Crippen molar-refractivity contribution in [3.63, 3.8) is 0 Å². The van der Waals surface area contributed by atoms with Gasteiger partial charge in [0.25, 0.3) is 0 Å². The Morgan fingerprint density at radius 3 is 2.62 bits per heavy atom. The van der Waals surface area contributed by atoms with Crippen molar-refractivity contribution in [3.05, 3.63) is 65.2 Å². The zero-order chi connectivity index (χ0) is 14.8. The van der Waals surface area contributed by atoms with Gasteiger partial charge in [0, 0.05) is 24.3 Å². The molecule has 21 heavy (non-hydrogen) atoms. The predicted molar refractivity (Wildman–Crippen MR) is 89.7 cm³/mol. The van der Waals surface area contributed by atoms with Gasteiger partial charge in [-0.1, -0.05) is 48.0 Å². The minimum absolute atomic E-state index is 0.116. The lowest BCUT2D eigenvalue weighted by Crippen LogP contribution is -2.32. The third-order valence-corrected chi connectivity index (χ3v) is 4.53. The van der Waals surface area contributed by atoms with Gasteiger partial charge in [-0.15, -0.1) is 0 Å². The van der Waals surface area contributed by atoms with Gasteiger partial charge in [0.15, 0.2) is 0 Å². The minimum atomic E-state index is 0.116. The van der Waals surface area contributed by atoms with Crippen molar-refractivity contribution in [2.75, 3.05) is 11.4 Å². The molecular formula is C19H24N2. The van der Waals surface area contributed by atoms with Gasteiger partial charge in [-0.25, -0.2) is 0 Å². The average Bonchev–Trinajstić information content (AvgIpc) is 2.81. The molecule has 0 saturated heterocycles. The summed E-state index contributed by atoms with van der Waals surface area (Å²) in [6.45, 7) is 5.43. The number of fused-ring (bicyclic) bond motifs is 1. The Balaban J connectivity index is 1.66. The van der Waals surface area contributed by atoms with Gasteiger partial charge < -0.3 is 10.6 Å². The molecule has 2 atom stereocenters. The highest BCUT2D eigenvalue weighted by molar-refractivity contribution is 5.59. The first-order chi connectivity index (χ1) is 10.1. The van der Waals surface area contributed by atoms with Crippen molar-refractivity contribution >= 4 is 5.69 Å². The van der Waals surface area contributed by atoms with E-state index in [1.807, 2.05) is 0 Å². The molecule has 0 bridgehead atoms. The molecule has 2 aromatic carbocycles. The minimum Gasteiger partial charge on any atom is -0.368 e. The van der Waals surface area contributed by atoms with Crippen molar-refractivity contribution in [1.82, 2.24) is 0 Å². The summed E-state index contributed by atoms with van der Waals surface area (Å²) < 4.78 is 0. The highest BCUT2D eigenvalue weighted by Crippen LogP contribution is 2.32. The molecule has 0 amide bonds. The Morgan fingerprint density at radius 1 is 1.14 bits per heavy atom. The molecule has 2 heteroatoms. The predicted octanol–water partition coefficient (Wildman–Crippen LogP) is 3.84. The molecule has 3 rings (SSSR count). The molecule has 1 heterocycles. The number of rotatable bonds is 4. The van der Waals surface area contributed by atoms with Crippen LogP contribution >= 0.6 is 0 Å². The van der Waals surface area contributed by atoms with Crippen molar-refractivity contribution in [1.29, 1.82) is 0 Å². The Labute approximate surface area is 127 Å². The van der Waals surface area contributed by atoms with Crippen molar-refractivity contribution in [2.24, 2.45) is 5.73 Å². The number of hydrogen-bond donors (Lipinski definition) is 1. The molecule has 2 unspecified atom stereocenters. The maximum Gasteiger partial charge on any atom is 0.0402 e. The molecule has 2 aromatic rings. The summed E-state index contributed by atoms with van der Waals surface area (Å²) in [7, 11) is 0. The van der Waals surface area contributed by atoms with E-state index in [-0.39, 0.29) is 6.04 Å². The van der Waals surface area contributed by atoms with Crippen LogP contribution in [0.3, 0.4) is 0 Å². The summed E-state index contributed by atoms with van der Waals surface area (Å²) in [4.78, 5) is 2.50. The maximum atomic E-state index is 6.36. The zero-order valence-electron chi connectivity index (χ0n) is 12.9. The number of benzene rings is 2. The highest BCUT2D eigenvalue weighted by atomic mass is 15.2. The Morgan fingerprint density at radius 2 is 1.86 bits per heavy atom. The number of hydrogen-bond acceptors (Lipinski definition) is 2. The summed E-state index contributed by atoms with van der Waals surface area (Å²) in [6.07, 6.45) is 2.14. The topological polar surface area (TPSA) is 29.3 Å². The largest absolute Gasteiger partial charge is 0.368 e. The first-order valence-corrected chi connectivity index (χ1v) is 7.82. The van der Waals surface area contributed by atoms with Crippen molar-refractivity contribution in [2.45, 2.75) is 38.8 Å². The fraction of sp³-hybridized carbons (Fsp3) is 0.368. The van der Waals surface area contributed by atoms with E-state index in [4.69, 9.17) is 5.73 Å². The second kappa shape index (κ2) is 5.90. The SMILES string of the molecule is Cc1ccc(C(N)CCN2c3ccccc3CC2C)cc1. The maximum absolute atomic E-state index is 6.36. The molecule has 0 aromatic heterocycles. The molecule has 1 aliphatic heterocycles. The highest BCUT2D eigenvalue weighted by Gasteiger charge is 2.25. The van der Waals surface area contributed by atoms with E-state index in [0.29, 0.717) is 6.04 Å². The van der Waals surface area contributed by atoms with Crippen LogP contribution < -0.4 is 10.6 Å². The standard InChI is InChI=1S/C19H24N2/c1-14-7-9-16(10-8-14)18(20)11-12-21-15(2)13-17-5-3-4-6-19(17)21/h3-10,15,18H,11-13,20H2,1-2H3. The average molecular weight is 280 g/mol. The fourth-order valence-corrected chi connectivity index (χ4v) is 3.23. The van der Waals surface area contributed by atoms with Crippen molar-refractivity contribution < 1.29 is 0 Å². The molecule has 2 N–H and O–H groups in total. The summed E-state index contributed by atoms with van der Waals surface area (Å²) in [5, 5.41) is 0. The quantitative estimate of drug-likeness (QED) is 0.922.